The molecule has 0 unspecified atom stereocenters. The maximum atomic E-state index is 12.6. The van der Waals surface area contributed by atoms with Crippen LogP contribution in [0.15, 0.2) is 59.8 Å². The molecule has 30 heavy (non-hydrogen) atoms. The van der Waals surface area contributed by atoms with Crippen LogP contribution in [0.5, 0.6) is 5.75 Å². The van der Waals surface area contributed by atoms with Gasteiger partial charge in [0.25, 0.3) is 5.56 Å². The molecule has 4 rings (SSSR count). The second-order valence-electron chi connectivity index (χ2n) is 7.25. The number of halogens is 1. The van der Waals surface area contributed by atoms with Crippen molar-refractivity contribution in [2.45, 2.75) is 25.5 Å². The molecule has 0 bridgehead atoms. The molecule has 156 valence electrons. The van der Waals surface area contributed by atoms with Crippen LogP contribution in [0, 0.1) is 0 Å². The molecule has 0 saturated carbocycles. The van der Waals surface area contributed by atoms with Gasteiger partial charge in [-0.15, -0.1) is 0 Å². The fraction of sp³-hybridized carbons (Fsp3) is 0.318. The predicted octanol–water partition coefficient (Wildman–Crippen LogP) is 3.05. The topological polar surface area (TPSA) is 72.3 Å². The van der Waals surface area contributed by atoms with E-state index in [2.05, 4.69) is 20.2 Å². The predicted molar refractivity (Wildman–Crippen MR) is 118 cm³/mol. The van der Waals surface area contributed by atoms with Crippen molar-refractivity contribution in [1.29, 1.82) is 0 Å². The van der Waals surface area contributed by atoms with E-state index in [9.17, 15) is 4.79 Å². The van der Waals surface area contributed by atoms with Crippen LogP contribution in [0.2, 0.25) is 5.02 Å². The molecule has 1 aliphatic rings. The summed E-state index contributed by atoms with van der Waals surface area (Å²) >= 11 is 5.83. The van der Waals surface area contributed by atoms with E-state index in [0.717, 1.165) is 43.1 Å². The molecule has 0 atom stereocenters. The minimum Gasteiger partial charge on any atom is -0.487 e. The van der Waals surface area contributed by atoms with Crippen LogP contribution < -0.4 is 20.5 Å². The van der Waals surface area contributed by atoms with Crippen LogP contribution in [0.4, 0.5) is 5.82 Å². The van der Waals surface area contributed by atoms with Crippen LogP contribution in [0.1, 0.15) is 18.5 Å². The van der Waals surface area contributed by atoms with E-state index in [0.29, 0.717) is 16.8 Å². The standard InChI is InChI=1S/C22H24ClN5O2/c1-24-17-6-9-27(10-7-17)21-5-4-19(14-26-21)28-11-8-20(12-22(28)29)30-15-18-3-2-16(23)13-25-18/h2-5,8,11-14,17,24H,6-7,9-10,15H2,1H3. The second kappa shape index (κ2) is 9.28. The van der Waals surface area contributed by atoms with Crippen LogP contribution in [0.25, 0.3) is 5.69 Å². The van der Waals surface area contributed by atoms with E-state index >= 15 is 0 Å². The van der Waals surface area contributed by atoms with Gasteiger partial charge in [-0.05, 0) is 50.2 Å². The highest BCUT2D eigenvalue weighted by molar-refractivity contribution is 6.30. The van der Waals surface area contributed by atoms with E-state index in [1.54, 1.807) is 41.4 Å². The lowest BCUT2D eigenvalue weighted by Crippen LogP contribution is -2.41. The maximum absolute atomic E-state index is 12.6. The zero-order chi connectivity index (χ0) is 20.9. The molecule has 1 N–H and O–H groups in total. The fourth-order valence-electron chi connectivity index (χ4n) is 3.52. The Bertz CT molecular complexity index is 1030. The summed E-state index contributed by atoms with van der Waals surface area (Å²) < 4.78 is 7.23. The number of hydrogen-bond donors (Lipinski definition) is 1. The van der Waals surface area contributed by atoms with Crippen LogP contribution in [0.3, 0.4) is 0 Å². The minimum absolute atomic E-state index is 0.180. The lowest BCUT2D eigenvalue weighted by atomic mass is 10.1. The van der Waals surface area contributed by atoms with Gasteiger partial charge >= 0.3 is 0 Å². The van der Waals surface area contributed by atoms with Crippen molar-refractivity contribution in [2.75, 3.05) is 25.0 Å². The molecule has 4 heterocycles. The zero-order valence-electron chi connectivity index (χ0n) is 16.8. The first-order valence-corrected chi connectivity index (χ1v) is 10.3. The summed E-state index contributed by atoms with van der Waals surface area (Å²) in [5.41, 5.74) is 1.28. The number of nitrogens with zero attached hydrogens (tertiary/aromatic N) is 4. The molecule has 8 heteroatoms. The first-order valence-electron chi connectivity index (χ1n) is 9.97. The average molecular weight is 426 g/mol. The van der Waals surface area contributed by atoms with Gasteiger partial charge in [-0.25, -0.2) is 4.98 Å². The molecule has 3 aromatic heterocycles. The smallest absolute Gasteiger partial charge is 0.258 e. The SMILES string of the molecule is CNC1CCN(c2ccc(-n3ccc(OCc4ccc(Cl)cn4)cc3=O)cn2)CC1. The van der Waals surface area contributed by atoms with Gasteiger partial charge in [0.15, 0.2) is 0 Å². The van der Waals surface area contributed by atoms with Crippen LogP contribution >= 0.6 is 11.6 Å². The van der Waals surface area contributed by atoms with Gasteiger partial charge in [-0.3, -0.25) is 14.3 Å². The van der Waals surface area contributed by atoms with Gasteiger partial charge in [0.05, 0.1) is 22.6 Å². The Balaban J connectivity index is 1.41. The van der Waals surface area contributed by atoms with Crippen LogP contribution in [-0.4, -0.2) is 40.7 Å². The Labute approximate surface area is 180 Å². The van der Waals surface area contributed by atoms with Crippen molar-refractivity contribution in [3.8, 4) is 11.4 Å². The minimum atomic E-state index is -0.180. The normalized spacial score (nSPS) is 14.7. The molecule has 1 saturated heterocycles. The average Bonchev–Trinajstić information content (AvgIpc) is 2.79. The van der Waals surface area contributed by atoms with Crippen molar-refractivity contribution in [2.24, 2.45) is 0 Å². The first-order chi connectivity index (χ1) is 14.6. The maximum Gasteiger partial charge on any atom is 0.258 e. The number of anilines is 1. The van der Waals surface area contributed by atoms with Crippen LogP contribution in [-0.2, 0) is 6.61 Å². The van der Waals surface area contributed by atoms with E-state index in [-0.39, 0.29) is 12.2 Å². The van der Waals surface area contributed by atoms with Crippen molar-refractivity contribution in [3.05, 3.63) is 76.1 Å². The third-order valence-electron chi connectivity index (χ3n) is 5.30. The molecular weight excluding hydrogens is 402 g/mol. The number of rotatable bonds is 6. The quantitative estimate of drug-likeness (QED) is 0.654. The molecule has 3 aromatic rings. The van der Waals surface area contributed by atoms with Gasteiger partial charge in [0, 0.05) is 37.6 Å². The number of hydrogen-bond acceptors (Lipinski definition) is 6. The summed E-state index contributed by atoms with van der Waals surface area (Å²) in [7, 11) is 2.01. The monoisotopic (exact) mass is 425 g/mol. The molecule has 1 fully saturated rings. The van der Waals surface area contributed by atoms with Gasteiger partial charge in [-0.2, -0.15) is 0 Å². The number of ether oxygens (including phenoxy) is 1. The van der Waals surface area contributed by atoms with Gasteiger partial charge in [0.2, 0.25) is 0 Å². The Morgan fingerprint density at radius 3 is 2.60 bits per heavy atom. The van der Waals surface area contributed by atoms with Gasteiger partial charge in [-0.1, -0.05) is 11.6 Å². The fourth-order valence-corrected chi connectivity index (χ4v) is 3.63. The summed E-state index contributed by atoms with van der Waals surface area (Å²) in [5.74, 6) is 1.43. The van der Waals surface area contributed by atoms with E-state index in [1.807, 2.05) is 19.2 Å². The van der Waals surface area contributed by atoms with E-state index in [1.165, 1.54) is 6.07 Å². The molecule has 0 aliphatic carbocycles. The first kappa shape index (κ1) is 20.4. The third kappa shape index (κ3) is 4.80. The summed E-state index contributed by atoms with van der Waals surface area (Å²) in [4.78, 5) is 23.6. The van der Waals surface area contributed by atoms with Crippen molar-refractivity contribution >= 4 is 17.4 Å². The number of pyridine rings is 3. The third-order valence-corrected chi connectivity index (χ3v) is 5.53. The lowest BCUT2D eigenvalue weighted by Gasteiger charge is -2.32. The molecule has 1 aliphatic heterocycles. The van der Waals surface area contributed by atoms with Crippen molar-refractivity contribution < 1.29 is 4.74 Å². The van der Waals surface area contributed by atoms with Crippen molar-refractivity contribution in [1.82, 2.24) is 19.9 Å². The highest BCUT2D eigenvalue weighted by Gasteiger charge is 2.18. The van der Waals surface area contributed by atoms with Gasteiger partial charge < -0.3 is 15.0 Å². The molecule has 7 nitrogen and oxygen atoms in total. The number of nitrogens with one attached hydrogen (secondary N) is 1. The Hall–Kier alpha value is -2.90. The molecule has 0 spiro atoms. The number of aromatic nitrogens is 3. The molecule has 0 radical (unpaired) electrons. The zero-order valence-corrected chi connectivity index (χ0v) is 17.5. The molecule has 0 aromatic carbocycles. The number of piperidine rings is 1. The Morgan fingerprint density at radius 1 is 1.13 bits per heavy atom. The molecule has 0 amide bonds. The summed E-state index contributed by atoms with van der Waals surface area (Å²) in [6.45, 7) is 2.22. The molecular formula is C22H24ClN5O2. The second-order valence-corrected chi connectivity index (χ2v) is 7.69. The lowest BCUT2D eigenvalue weighted by molar-refractivity contribution is 0.300. The largest absolute Gasteiger partial charge is 0.487 e. The van der Waals surface area contributed by atoms with Crippen molar-refractivity contribution in [3.63, 3.8) is 0 Å². The summed E-state index contributed by atoms with van der Waals surface area (Å²) in [6.07, 6.45) is 7.21. The highest BCUT2D eigenvalue weighted by Crippen LogP contribution is 2.19. The summed E-state index contributed by atoms with van der Waals surface area (Å²) in [6, 6.07) is 11.2. The highest BCUT2D eigenvalue weighted by atomic mass is 35.5. The van der Waals surface area contributed by atoms with E-state index < -0.39 is 0 Å². The Kier molecular flexibility index (Phi) is 6.30. The Morgan fingerprint density at radius 2 is 1.97 bits per heavy atom. The van der Waals surface area contributed by atoms with Gasteiger partial charge in [0.1, 0.15) is 18.2 Å². The summed E-state index contributed by atoms with van der Waals surface area (Å²) in [5, 5.41) is 3.91. The van der Waals surface area contributed by atoms with E-state index in [4.69, 9.17) is 16.3 Å².